The highest BCUT2D eigenvalue weighted by atomic mass is 16.5. The molecule has 154 valence electrons. The minimum atomic E-state index is 0.192. The van der Waals surface area contributed by atoms with Crippen LogP contribution in [0.1, 0.15) is 56.0 Å². The molecular formula is C25H27N3O2. The summed E-state index contributed by atoms with van der Waals surface area (Å²) in [6.45, 7) is 4.37. The van der Waals surface area contributed by atoms with Gasteiger partial charge in [-0.05, 0) is 54.4 Å². The molecule has 5 nitrogen and oxygen atoms in total. The Hall–Kier alpha value is -3.08. The van der Waals surface area contributed by atoms with Gasteiger partial charge in [-0.15, -0.1) is 0 Å². The number of nitrogens with zero attached hydrogens (tertiary/aromatic N) is 2. The second kappa shape index (κ2) is 7.98. The SMILES string of the molecule is CC(C)Cc1nc(-c2ccc3c(c2)C(C2=COC=C(C4=CC=CCC4)O2)CC3)n[nH]1. The Kier molecular flexibility index (Phi) is 5.03. The zero-order chi connectivity index (χ0) is 20.5. The first kappa shape index (κ1) is 18.9. The van der Waals surface area contributed by atoms with E-state index in [0.29, 0.717) is 5.92 Å². The average Bonchev–Trinajstić information content (AvgIpc) is 3.40. The van der Waals surface area contributed by atoms with Crippen molar-refractivity contribution in [3.05, 3.63) is 83.0 Å². The van der Waals surface area contributed by atoms with E-state index in [1.165, 1.54) is 16.7 Å². The van der Waals surface area contributed by atoms with Crippen molar-refractivity contribution in [3.63, 3.8) is 0 Å². The highest BCUT2D eigenvalue weighted by molar-refractivity contribution is 5.59. The predicted octanol–water partition coefficient (Wildman–Crippen LogP) is 5.71. The molecule has 1 atom stereocenters. The van der Waals surface area contributed by atoms with Crippen LogP contribution in [0.25, 0.3) is 11.4 Å². The Morgan fingerprint density at radius 1 is 1.20 bits per heavy atom. The third kappa shape index (κ3) is 3.72. The number of aromatic amines is 1. The Labute approximate surface area is 177 Å². The Morgan fingerprint density at radius 2 is 2.13 bits per heavy atom. The van der Waals surface area contributed by atoms with Crippen molar-refractivity contribution in [1.29, 1.82) is 0 Å². The van der Waals surface area contributed by atoms with E-state index in [9.17, 15) is 0 Å². The number of aryl methyl sites for hydroxylation is 1. The van der Waals surface area contributed by atoms with Crippen LogP contribution in [0, 0.1) is 5.92 Å². The fraction of sp³-hybridized carbons (Fsp3) is 0.360. The van der Waals surface area contributed by atoms with Crippen molar-refractivity contribution >= 4 is 0 Å². The monoisotopic (exact) mass is 401 g/mol. The van der Waals surface area contributed by atoms with Gasteiger partial charge in [0.25, 0.3) is 0 Å². The number of H-pyrrole nitrogens is 1. The molecule has 30 heavy (non-hydrogen) atoms. The van der Waals surface area contributed by atoms with E-state index < -0.39 is 0 Å². The summed E-state index contributed by atoms with van der Waals surface area (Å²) in [6.07, 6.45) is 14.8. The first-order valence-electron chi connectivity index (χ1n) is 10.8. The highest BCUT2D eigenvalue weighted by Gasteiger charge is 2.30. The van der Waals surface area contributed by atoms with Crippen LogP contribution in [-0.4, -0.2) is 15.2 Å². The van der Waals surface area contributed by atoms with E-state index in [1.54, 1.807) is 12.5 Å². The first-order chi connectivity index (χ1) is 14.7. The van der Waals surface area contributed by atoms with Gasteiger partial charge in [0, 0.05) is 17.9 Å². The van der Waals surface area contributed by atoms with Crippen molar-refractivity contribution in [2.24, 2.45) is 5.92 Å². The second-order valence-corrected chi connectivity index (χ2v) is 8.61. The van der Waals surface area contributed by atoms with E-state index in [2.05, 4.69) is 60.5 Å². The van der Waals surface area contributed by atoms with Gasteiger partial charge in [-0.3, -0.25) is 5.10 Å². The zero-order valence-electron chi connectivity index (χ0n) is 17.5. The summed E-state index contributed by atoms with van der Waals surface area (Å²) in [5, 5.41) is 7.53. The van der Waals surface area contributed by atoms with Crippen molar-refractivity contribution in [1.82, 2.24) is 15.2 Å². The van der Waals surface area contributed by atoms with Crippen LogP contribution in [0.4, 0.5) is 0 Å². The van der Waals surface area contributed by atoms with Gasteiger partial charge in [-0.2, -0.15) is 5.10 Å². The van der Waals surface area contributed by atoms with Crippen LogP contribution < -0.4 is 0 Å². The van der Waals surface area contributed by atoms with Crippen LogP contribution in [-0.2, 0) is 22.3 Å². The molecule has 1 N–H and O–H groups in total. The quantitative estimate of drug-likeness (QED) is 0.697. The topological polar surface area (TPSA) is 60.0 Å². The summed E-state index contributed by atoms with van der Waals surface area (Å²) >= 11 is 0. The van der Waals surface area contributed by atoms with Gasteiger partial charge < -0.3 is 9.47 Å². The number of hydrogen-bond donors (Lipinski definition) is 1. The lowest BCUT2D eigenvalue weighted by Crippen LogP contribution is -2.09. The first-order valence-corrected chi connectivity index (χ1v) is 10.8. The molecule has 0 fully saturated rings. The van der Waals surface area contributed by atoms with E-state index >= 15 is 0 Å². The van der Waals surface area contributed by atoms with Crippen molar-refractivity contribution in [2.75, 3.05) is 0 Å². The number of aromatic nitrogens is 3. The molecule has 0 saturated carbocycles. The van der Waals surface area contributed by atoms with E-state index in [4.69, 9.17) is 14.5 Å². The average molecular weight is 402 g/mol. The highest BCUT2D eigenvalue weighted by Crippen LogP contribution is 2.42. The number of benzene rings is 1. The number of rotatable bonds is 5. The largest absolute Gasteiger partial charge is 0.465 e. The Balaban J connectivity index is 1.38. The van der Waals surface area contributed by atoms with E-state index in [1.807, 2.05) is 0 Å². The molecule has 5 heteroatoms. The lowest BCUT2D eigenvalue weighted by Gasteiger charge is -2.23. The molecule has 5 rings (SSSR count). The summed E-state index contributed by atoms with van der Waals surface area (Å²) in [4.78, 5) is 4.70. The van der Waals surface area contributed by atoms with E-state index in [0.717, 1.165) is 60.8 Å². The lowest BCUT2D eigenvalue weighted by molar-refractivity contribution is 0.209. The Bertz CT molecular complexity index is 1070. The molecule has 0 radical (unpaired) electrons. The van der Waals surface area contributed by atoms with Crippen molar-refractivity contribution < 1.29 is 9.47 Å². The molecule has 0 spiro atoms. The maximum atomic E-state index is 6.32. The molecule has 0 bridgehead atoms. The fourth-order valence-corrected chi connectivity index (χ4v) is 4.38. The number of fused-ring (bicyclic) bond motifs is 1. The van der Waals surface area contributed by atoms with Gasteiger partial charge in [0.15, 0.2) is 11.6 Å². The number of nitrogens with one attached hydrogen (secondary N) is 1. The molecule has 2 aliphatic carbocycles. The molecular weight excluding hydrogens is 374 g/mol. The molecule has 1 aromatic carbocycles. The van der Waals surface area contributed by atoms with Gasteiger partial charge >= 0.3 is 0 Å². The standard InChI is InChI=1S/C25H27N3O2/c1-16(2)12-24-26-25(28-27-24)19-9-8-17-10-11-20(21(17)13-19)23-15-29-14-22(30-23)18-6-4-3-5-7-18/h3-4,6,8-9,13-16,20H,5,7,10-12H2,1-2H3,(H,26,27,28). The van der Waals surface area contributed by atoms with Crippen LogP contribution >= 0.6 is 0 Å². The number of ether oxygens (including phenoxy) is 2. The molecule has 3 aliphatic rings. The molecule has 2 heterocycles. The van der Waals surface area contributed by atoms with Crippen molar-refractivity contribution in [2.45, 2.75) is 51.9 Å². The van der Waals surface area contributed by atoms with Crippen LogP contribution in [0.3, 0.4) is 0 Å². The number of allylic oxidation sites excluding steroid dienone is 5. The summed E-state index contributed by atoms with van der Waals surface area (Å²) in [5.74, 6) is 4.14. The summed E-state index contributed by atoms with van der Waals surface area (Å²) in [5.41, 5.74) is 4.88. The lowest BCUT2D eigenvalue weighted by atomic mass is 9.96. The van der Waals surface area contributed by atoms with Gasteiger partial charge in [-0.25, -0.2) is 4.98 Å². The zero-order valence-corrected chi connectivity index (χ0v) is 17.5. The molecule has 1 aliphatic heterocycles. The predicted molar refractivity (Wildman–Crippen MR) is 116 cm³/mol. The molecule has 2 aromatic rings. The van der Waals surface area contributed by atoms with Crippen molar-refractivity contribution in [3.8, 4) is 11.4 Å². The summed E-state index contributed by atoms with van der Waals surface area (Å²) < 4.78 is 12.0. The van der Waals surface area contributed by atoms with Gasteiger partial charge in [0.05, 0.1) is 0 Å². The third-order valence-electron chi connectivity index (χ3n) is 5.88. The van der Waals surface area contributed by atoms with E-state index in [-0.39, 0.29) is 5.92 Å². The van der Waals surface area contributed by atoms with Crippen LogP contribution in [0.15, 0.2) is 66.0 Å². The Morgan fingerprint density at radius 3 is 2.97 bits per heavy atom. The minimum absolute atomic E-state index is 0.192. The minimum Gasteiger partial charge on any atom is -0.465 e. The smallest absolute Gasteiger partial charge is 0.181 e. The number of hydrogen-bond acceptors (Lipinski definition) is 4. The maximum Gasteiger partial charge on any atom is 0.181 e. The molecule has 0 amide bonds. The normalized spacial score (nSPS) is 20.2. The molecule has 1 unspecified atom stereocenters. The van der Waals surface area contributed by atoms with Crippen LogP contribution in [0.5, 0.6) is 0 Å². The third-order valence-corrected chi connectivity index (χ3v) is 5.88. The molecule has 1 aromatic heterocycles. The van der Waals surface area contributed by atoms with Gasteiger partial charge in [0.2, 0.25) is 0 Å². The molecule has 0 saturated heterocycles. The summed E-state index contributed by atoms with van der Waals surface area (Å²) in [7, 11) is 0. The van der Waals surface area contributed by atoms with Gasteiger partial charge in [-0.1, -0.05) is 44.2 Å². The second-order valence-electron chi connectivity index (χ2n) is 8.61. The van der Waals surface area contributed by atoms with Gasteiger partial charge in [0.1, 0.15) is 24.1 Å². The summed E-state index contributed by atoms with van der Waals surface area (Å²) in [6, 6.07) is 6.55. The maximum absolute atomic E-state index is 6.32. The fourth-order valence-electron chi connectivity index (χ4n) is 4.38. The van der Waals surface area contributed by atoms with Crippen LogP contribution in [0.2, 0.25) is 0 Å².